The largest absolute Gasteiger partial charge is 0.497 e. The number of aromatic nitrogens is 8. The van der Waals surface area contributed by atoms with Gasteiger partial charge in [0, 0.05) is 122 Å². The number of nitrogens with one attached hydrogen (secondary N) is 7. The van der Waals surface area contributed by atoms with Crippen LogP contribution in [0.3, 0.4) is 0 Å². The Bertz CT molecular complexity index is 6510. The van der Waals surface area contributed by atoms with Crippen molar-refractivity contribution in [1.82, 2.24) is 58.8 Å². The number of nitrogens with zero attached hydrogens (tertiary/aromatic N) is 11. The van der Waals surface area contributed by atoms with Gasteiger partial charge in [0.1, 0.15) is 52.2 Å². The maximum atomic E-state index is 14.2. The number of pyridine rings is 8. The lowest BCUT2D eigenvalue weighted by Crippen LogP contribution is -2.41. The summed E-state index contributed by atoms with van der Waals surface area (Å²) < 4.78 is 148. The number of halogens is 1. The Hall–Kier alpha value is -12.8. The maximum absolute atomic E-state index is 14.2. The number of carbonyl (C=O) groups is 4. The fraction of sp³-hybridized carbons (Fsp3) is 0.423. The van der Waals surface area contributed by atoms with Crippen molar-refractivity contribution in [2.45, 2.75) is 197 Å². The van der Waals surface area contributed by atoms with E-state index in [9.17, 15) is 62.0 Å². The number of methoxy groups -OCH3 is 1. The van der Waals surface area contributed by atoms with Crippen molar-refractivity contribution in [2.24, 2.45) is 23.7 Å². The maximum Gasteiger partial charge on any atom is 0.281 e. The Balaban J connectivity index is 0.000000176. The first-order chi connectivity index (χ1) is 64.8. The SMILES string of the molecule is CCCCOCCCNc1cccc(S(=O)(=O)NC(=O)c2cccnc2N2CC(C)CC2(C)C)n1.CCCOc1cccc(S(=O)(=O)NC(=O)c2cccnc2N2CC(C)CC2(C)C)n1.CCOc1cccc(Nc2cccc(S(=O)(=O)NC(=O)c3cccnc3N3CC(C)CC3(C)C)n2)c1.COc1cc(F)cc(-c2ccc(C(=O)NS(=O)(=O)c3ccc[nH]c3=O)c(N3C[C@@H](C)CC3(C)C)n2)c1. The van der Waals surface area contributed by atoms with Crippen molar-refractivity contribution in [3.8, 4) is 28.6 Å². The number of hydrogen-bond donors (Lipinski definition) is 7. The van der Waals surface area contributed by atoms with Gasteiger partial charge in [0.2, 0.25) is 5.88 Å². The van der Waals surface area contributed by atoms with Gasteiger partial charge in [-0.3, -0.25) is 24.0 Å². The minimum absolute atomic E-state index is 0.0141. The van der Waals surface area contributed by atoms with Gasteiger partial charge in [0.15, 0.2) is 20.0 Å². The zero-order valence-corrected chi connectivity index (χ0v) is 83.3. The third-order valence-electron chi connectivity index (χ3n) is 23.2. The highest BCUT2D eigenvalue weighted by molar-refractivity contribution is 7.91. The number of aromatic amines is 1. The summed E-state index contributed by atoms with van der Waals surface area (Å²) in [6.45, 7) is 36.8. The summed E-state index contributed by atoms with van der Waals surface area (Å²) in [5.74, 6) is 1.56. The summed E-state index contributed by atoms with van der Waals surface area (Å²) in [7, 11) is -15.6. The molecule has 0 saturated carbocycles. The van der Waals surface area contributed by atoms with E-state index in [4.69, 9.17) is 23.9 Å². The number of anilines is 7. The second kappa shape index (κ2) is 45.0. The average molecular weight is 1960 g/mol. The predicted octanol–water partition coefficient (Wildman–Crippen LogP) is 14.5. The van der Waals surface area contributed by atoms with Gasteiger partial charge in [0.25, 0.3) is 69.3 Å². The molecule has 0 aliphatic carbocycles. The lowest BCUT2D eigenvalue weighted by molar-refractivity contribution is 0.0972. The molecule has 0 radical (unpaired) electrons. The molecule has 4 aliphatic heterocycles. The monoisotopic (exact) mass is 1960 g/mol. The molecule has 3 unspecified atom stereocenters. The van der Waals surface area contributed by atoms with Gasteiger partial charge in [-0.2, -0.15) is 30.2 Å². The first-order valence-corrected chi connectivity index (χ1v) is 51.3. The van der Waals surface area contributed by atoms with E-state index < -0.39 is 80.0 Å². The number of sulfonamides is 4. The van der Waals surface area contributed by atoms with Gasteiger partial charge in [-0.15, -0.1) is 0 Å². The van der Waals surface area contributed by atoms with Crippen molar-refractivity contribution in [3.05, 3.63) is 221 Å². The number of rotatable bonds is 33. The molecule has 40 heteroatoms. The number of benzene rings is 2. The number of amides is 4. The lowest BCUT2D eigenvalue weighted by Gasteiger charge is -2.34. The Labute approximate surface area is 801 Å². The molecule has 4 atom stereocenters. The van der Waals surface area contributed by atoms with Crippen LogP contribution < -0.4 is 68.9 Å². The van der Waals surface area contributed by atoms with Gasteiger partial charge in [0.05, 0.1) is 48.3 Å². The topological polar surface area (TPSA) is 450 Å². The summed E-state index contributed by atoms with van der Waals surface area (Å²) in [6.07, 6.45) is 13.5. The smallest absolute Gasteiger partial charge is 0.281 e. The predicted molar refractivity (Wildman–Crippen MR) is 524 cm³/mol. The van der Waals surface area contributed by atoms with Crippen LogP contribution in [0.5, 0.6) is 17.4 Å². The van der Waals surface area contributed by atoms with E-state index in [2.05, 4.69) is 151 Å². The minimum atomic E-state index is -4.45. The second-order valence-electron chi connectivity index (χ2n) is 36.8. The second-order valence-corrected chi connectivity index (χ2v) is 43.4. The molecule has 10 aromatic rings. The highest BCUT2D eigenvalue weighted by Crippen LogP contribution is 2.43. The fourth-order valence-corrected chi connectivity index (χ4v) is 21.2. The fourth-order valence-electron chi connectivity index (χ4n) is 17.4. The van der Waals surface area contributed by atoms with Crippen LogP contribution >= 0.6 is 0 Å². The van der Waals surface area contributed by atoms with E-state index in [0.717, 1.165) is 83.7 Å². The van der Waals surface area contributed by atoms with Crippen molar-refractivity contribution in [3.63, 3.8) is 0 Å². The molecule has 35 nitrogen and oxygen atoms in total. The molecular weight excluding hydrogens is 1840 g/mol. The molecule has 7 N–H and O–H groups in total. The van der Waals surface area contributed by atoms with E-state index in [1.54, 1.807) is 97.5 Å². The average Bonchev–Trinajstić information content (AvgIpc) is 1.65. The van der Waals surface area contributed by atoms with Gasteiger partial charge >= 0.3 is 0 Å². The molecule has 0 spiro atoms. The molecular formula is C97H123FN18O17S4. The third-order valence-corrected chi connectivity index (χ3v) is 28.2. The summed E-state index contributed by atoms with van der Waals surface area (Å²) in [5.41, 5.74) is 0.347. The van der Waals surface area contributed by atoms with Crippen molar-refractivity contribution in [2.75, 3.05) is 96.5 Å². The number of H-pyrrole nitrogens is 1. The van der Waals surface area contributed by atoms with E-state index in [1.165, 1.54) is 67.9 Å². The molecule has 734 valence electrons. The van der Waals surface area contributed by atoms with E-state index in [0.29, 0.717) is 114 Å². The van der Waals surface area contributed by atoms with Crippen LogP contribution in [0.4, 0.5) is 45.0 Å². The first-order valence-electron chi connectivity index (χ1n) is 45.4. The molecule has 14 rings (SSSR count). The molecule has 2 aromatic carbocycles. The van der Waals surface area contributed by atoms with Crippen molar-refractivity contribution in [1.29, 1.82) is 0 Å². The zero-order chi connectivity index (χ0) is 99.6. The summed E-state index contributed by atoms with van der Waals surface area (Å²) >= 11 is 0. The van der Waals surface area contributed by atoms with E-state index in [1.807, 2.05) is 55.5 Å². The highest BCUT2D eigenvalue weighted by Gasteiger charge is 2.44. The Morgan fingerprint density at radius 1 is 0.453 bits per heavy atom. The Kier molecular flexibility index (Phi) is 34.4. The molecule has 8 aromatic heterocycles. The molecule has 4 fully saturated rings. The molecule has 4 aliphatic rings. The van der Waals surface area contributed by atoms with Crippen LogP contribution in [-0.4, -0.2) is 186 Å². The molecule has 4 saturated heterocycles. The van der Waals surface area contributed by atoms with Crippen LogP contribution in [0.2, 0.25) is 0 Å². The lowest BCUT2D eigenvalue weighted by atomic mass is 9.97. The number of carbonyl (C=O) groups excluding carboxylic acids is 4. The zero-order valence-electron chi connectivity index (χ0n) is 80.0. The molecule has 12 heterocycles. The van der Waals surface area contributed by atoms with Crippen LogP contribution in [0, 0.1) is 29.5 Å². The summed E-state index contributed by atoms with van der Waals surface area (Å²) in [6, 6.07) is 40.1. The number of ether oxygens (including phenoxy) is 4. The summed E-state index contributed by atoms with van der Waals surface area (Å²) in [4.78, 5) is 105. The van der Waals surface area contributed by atoms with Crippen molar-refractivity contribution >= 4 is 104 Å². The highest BCUT2D eigenvalue weighted by atomic mass is 32.2. The van der Waals surface area contributed by atoms with Crippen molar-refractivity contribution < 1.29 is 76.2 Å². The number of hydrogen-bond acceptors (Lipinski definition) is 30. The summed E-state index contributed by atoms with van der Waals surface area (Å²) in [5, 5.41) is 5.41. The van der Waals surface area contributed by atoms with Crippen LogP contribution in [-0.2, 0) is 44.8 Å². The first kappa shape index (κ1) is 105. The van der Waals surface area contributed by atoms with E-state index >= 15 is 0 Å². The van der Waals surface area contributed by atoms with Gasteiger partial charge in [-0.1, -0.05) is 72.2 Å². The third kappa shape index (κ3) is 27.2. The van der Waals surface area contributed by atoms with Gasteiger partial charge < -0.3 is 54.2 Å². The van der Waals surface area contributed by atoms with E-state index in [-0.39, 0.29) is 71.2 Å². The molecule has 0 bridgehead atoms. The van der Waals surface area contributed by atoms with Crippen LogP contribution in [0.15, 0.2) is 207 Å². The van der Waals surface area contributed by atoms with Crippen LogP contribution in [0.25, 0.3) is 11.3 Å². The minimum Gasteiger partial charge on any atom is -0.497 e. The van der Waals surface area contributed by atoms with Crippen LogP contribution in [0.1, 0.15) is 197 Å². The quantitative estimate of drug-likeness (QED) is 0.0188. The van der Waals surface area contributed by atoms with Gasteiger partial charge in [-0.05, 0) is 246 Å². The molecule has 4 amide bonds. The Morgan fingerprint density at radius 3 is 1.36 bits per heavy atom. The number of unbranched alkanes of at least 4 members (excludes halogenated alkanes) is 1. The standard InChI is InChI=1S/C26H31N5O4S.C25H27FN4O5S.C25H37N5O4S.C21H28N4O4S/c1-5-35-20-10-6-9-19(15-20)28-22-12-7-13-23(29-22)36(33,34)30-25(32)21-11-8-14-27-24(21)31-17-18(2)16-26(31,3)4;1-15-13-25(2,3)30(14-15)22-19(23(31)29-36(33,34)21-6-5-9-27-24(21)32)7-8-20(28-22)16-10-17(26)12-18(11-16)35-4;1-5-6-15-34-16-9-14-26-21-11-7-12-22(28-21)35(32,33)29-24(31)20-10-8-13-27-23(20)30-18-19(2)17-25(30,3)4;1-5-12-29-17-9-6-10-18(23-17)30(27,28)24-20(26)16-8-7-11-22-19(16)25-14-15(2)13-21(25,3)4/h6-15,18H,5,16-17H2,1-4H3,(H,28,29)(H,30,32);5-12,15H,13-14H2,1-4H3,(H,27,32)(H,29,31);7-8,10-13,19H,5-6,9,14-18H2,1-4H3,(H,26,28)(H,29,31);6-11,15H,5,12-14H2,1-4H3,(H,24,26)/t;15-;;/m.0../s1. The Morgan fingerprint density at radius 2 is 0.898 bits per heavy atom. The molecule has 137 heavy (non-hydrogen) atoms. The normalized spacial score (nSPS) is 17.4. The van der Waals surface area contributed by atoms with Gasteiger partial charge in [-0.25, -0.2) is 61.6 Å².